The van der Waals surface area contributed by atoms with Gasteiger partial charge >= 0.3 is 0 Å². The van der Waals surface area contributed by atoms with Gasteiger partial charge in [-0.05, 0) is 82.5 Å². The molecule has 0 unspecified atom stereocenters. The van der Waals surface area contributed by atoms with Crippen LogP contribution in [0.5, 0.6) is 0 Å². The van der Waals surface area contributed by atoms with Crippen LogP contribution in [-0.4, -0.2) is 11.8 Å². The minimum absolute atomic E-state index is 0.0924. The van der Waals surface area contributed by atoms with Crippen LogP contribution >= 0.6 is 0 Å². The highest BCUT2D eigenvalue weighted by Gasteiger charge is 2.38. The highest BCUT2D eigenvalue weighted by molar-refractivity contribution is 6.73. The number of rotatable bonds is 3. The second-order valence-electron chi connectivity index (χ2n) is 13.0. The van der Waals surface area contributed by atoms with Gasteiger partial charge in [-0.3, -0.25) is 0 Å². The van der Waals surface area contributed by atoms with Crippen LogP contribution in [0.3, 0.4) is 0 Å². The monoisotopic (exact) mass is 563 g/mol. The van der Waals surface area contributed by atoms with Crippen molar-refractivity contribution < 1.29 is 0 Å². The minimum Gasteiger partial charge on any atom is -0.355 e. The fourth-order valence-electron chi connectivity index (χ4n) is 7.93. The maximum Gasteiger partial charge on any atom is 0.197 e. The predicted molar refractivity (Wildman–Crippen MR) is 188 cm³/mol. The number of anilines is 2. The SMILES string of the molecule is Cc1cc(-c2c(Nc3ccccc3C)ccc3c2-c2ccccc2C3(C)C)c2c(c1)-n1c3ccccc3c3cccc(c31)[B]2. The van der Waals surface area contributed by atoms with Gasteiger partial charge in [-0.15, -0.1) is 0 Å². The molecule has 7 aromatic rings. The molecule has 1 aliphatic heterocycles. The van der Waals surface area contributed by atoms with Crippen LogP contribution < -0.4 is 16.2 Å². The largest absolute Gasteiger partial charge is 0.355 e. The number of aromatic nitrogens is 1. The molecular weight excluding hydrogens is 531 g/mol. The second kappa shape index (κ2) is 9.00. The molecule has 2 aliphatic rings. The van der Waals surface area contributed by atoms with Crippen molar-refractivity contribution in [2.75, 3.05) is 5.32 Å². The van der Waals surface area contributed by atoms with Crippen molar-refractivity contribution in [2.24, 2.45) is 0 Å². The molecule has 209 valence electrons. The van der Waals surface area contributed by atoms with Gasteiger partial charge in [0.15, 0.2) is 7.28 Å². The molecule has 1 radical (unpaired) electrons. The Morgan fingerprint density at radius 2 is 1.41 bits per heavy atom. The van der Waals surface area contributed by atoms with Crippen molar-refractivity contribution in [3.8, 4) is 27.9 Å². The maximum atomic E-state index is 3.90. The zero-order valence-electron chi connectivity index (χ0n) is 25.5. The van der Waals surface area contributed by atoms with E-state index in [4.69, 9.17) is 0 Å². The van der Waals surface area contributed by atoms with Crippen LogP contribution in [0.2, 0.25) is 0 Å². The summed E-state index contributed by atoms with van der Waals surface area (Å²) in [6, 6.07) is 42.6. The summed E-state index contributed by atoms with van der Waals surface area (Å²) < 4.78 is 2.50. The Hall–Kier alpha value is -5.02. The van der Waals surface area contributed by atoms with E-state index in [0.29, 0.717) is 0 Å². The number of nitrogens with zero attached hydrogens (tertiary/aromatic N) is 1. The summed E-state index contributed by atoms with van der Waals surface area (Å²) in [5.74, 6) is 0. The average Bonchev–Trinajstić information content (AvgIpc) is 3.49. The third kappa shape index (κ3) is 3.38. The summed E-state index contributed by atoms with van der Waals surface area (Å²) >= 11 is 0. The molecule has 0 atom stereocenters. The lowest BCUT2D eigenvalue weighted by Crippen LogP contribution is -2.37. The van der Waals surface area contributed by atoms with Gasteiger partial charge < -0.3 is 9.88 Å². The highest BCUT2D eigenvalue weighted by atomic mass is 15.0. The molecule has 0 bridgehead atoms. The van der Waals surface area contributed by atoms with Gasteiger partial charge in [0.1, 0.15) is 0 Å². The fraction of sp³-hybridized carbons (Fsp3) is 0.122. The molecule has 3 heteroatoms. The molecule has 2 heterocycles. The van der Waals surface area contributed by atoms with Gasteiger partial charge in [0.25, 0.3) is 0 Å². The fourth-order valence-corrected chi connectivity index (χ4v) is 7.93. The van der Waals surface area contributed by atoms with E-state index < -0.39 is 0 Å². The zero-order valence-corrected chi connectivity index (χ0v) is 25.5. The Morgan fingerprint density at radius 1 is 0.636 bits per heavy atom. The van der Waals surface area contributed by atoms with Crippen LogP contribution in [-0.2, 0) is 5.41 Å². The van der Waals surface area contributed by atoms with Crippen LogP contribution in [0, 0.1) is 13.8 Å². The van der Waals surface area contributed by atoms with E-state index in [1.165, 1.54) is 82.9 Å². The summed E-state index contributed by atoms with van der Waals surface area (Å²) in [5, 5.41) is 6.50. The maximum absolute atomic E-state index is 3.90. The number of para-hydroxylation sites is 3. The van der Waals surface area contributed by atoms with Crippen LogP contribution in [0.4, 0.5) is 11.4 Å². The van der Waals surface area contributed by atoms with Crippen LogP contribution in [0.1, 0.15) is 36.1 Å². The molecule has 44 heavy (non-hydrogen) atoms. The number of hydrogen-bond acceptors (Lipinski definition) is 1. The Morgan fingerprint density at radius 3 is 2.30 bits per heavy atom. The van der Waals surface area contributed by atoms with Gasteiger partial charge in [-0.1, -0.05) is 110 Å². The standard InChI is InChI=1S/C41H32BN2/c1-24-22-29(39-36(23-24)44-35-19-10-7-13-26(35)27-15-11-17-32(42-39)40(27)44)38-34(43-33-18-9-5-12-25(33)2)21-20-31-37(38)28-14-6-8-16-30(28)41(31,3)4/h5-23,43H,1-4H3. The van der Waals surface area contributed by atoms with E-state index in [-0.39, 0.29) is 5.41 Å². The lowest BCUT2D eigenvalue weighted by atomic mass is 9.58. The summed E-state index contributed by atoms with van der Waals surface area (Å²) in [6.07, 6.45) is 0. The first-order valence-electron chi connectivity index (χ1n) is 15.5. The summed E-state index contributed by atoms with van der Waals surface area (Å²) in [5.41, 5.74) is 18.9. The molecule has 1 aliphatic carbocycles. The summed E-state index contributed by atoms with van der Waals surface area (Å²) in [7, 11) is 2.42. The first kappa shape index (κ1) is 25.5. The van der Waals surface area contributed by atoms with E-state index in [2.05, 4.69) is 160 Å². The Balaban J connectivity index is 1.40. The second-order valence-corrected chi connectivity index (χ2v) is 13.0. The number of nitrogens with one attached hydrogen (secondary N) is 1. The van der Waals surface area contributed by atoms with E-state index in [0.717, 1.165) is 11.4 Å². The predicted octanol–water partition coefficient (Wildman–Crippen LogP) is 9.09. The van der Waals surface area contributed by atoms with E-state index in [1.54, 1.807) is 0 Å². The van der Waals surface area contributed by atoms with Crippen molar-refractivity contribution >= 4 is 51.4 Å². The molecule has 9 rings (SSSR count). The lowest BCUT2D eigenvalue weighted by Gasteiger charge is -2.27. The Kier molecular flexibility index (Phi) is 5.21. The average molecular weight is 564 g/mol. The van der Waals surface area contributed by atoms with Gasteiger partial charge in [0.2, 0.25) is 0 Å². The quantitative estimate of drug-likeness (QED) is 0.212. The first-order chi connectivity index (χ1) is 21.4. The van der Waals surface area contributed by atoms with Crippen molar-refractivity contribution in [1.82, 2.24) is 4.57 Å². The molecule has 0 saturated heterocycles. The first-order valence-corrected chi connectivity index (χ1v) is 15.5. The highest BCUT2D eigenvalue weighted by Crippen LogP contribution is 2.54. The van der Waals surface area contributed by atoms with Gasteiger partial charge in [0, 0.05) is 44.3 Å². The molecule has 2 nitrogen and oxygen atoms in total. The Labute approximate surface area is 259 Å². The summed E-state index contributed by atoms with van der Waals surface area (Å²) in [4.78, 5) is 0. The van der Waals surface area contributed by atoms with Crippen molar-refractivity contribution in [2.45, 2.75) is 33.1 Å². The molecule has 0 saturated carbocycles. The van der Waals surface area contributed by atoms with E-state index >= 15 is 0 Å². The van der Waals surface area contributed by atoms with Gasteiger partial charge in [0.05, 0.1) is 5.52 Å². The molecule has 0 amide bonds. The van der Waals surface area contributed by atoms with Crippen molar-refractivity contribution in [1.29, 1.82) is 0 Å². The molecule has 1 N–H and O–H groups in total. The van der Waals surface area contributed by atoms with Crippen molar-refractivity contribution in [3.63, 3.8) is 0 Å². The normalized spacial score (nSPS) is 13.8. The lowest BCUT2D eigenvalue weighted by molar-refractivity contribution is 0.660. The Bertz CT molecular complexity index is 2340. The van der Waals surface area contributed by atoms with Gasteiger partial charge in [-0.25, -0.2) is 0 Å². The molecular formula is C41H32BN2. The van der Waals surface area contributed by atoms with Crippen LogP contribution in [0.25, 0.3) is 49.7 Å². The van der Waals surface area contributed by atoms with Crippen molar-refractivity contribution in [3.05, 3.63) is 138 Å². The molecule has 1 aromatic heterocycles. The third-order valence-electron chi connectivity index (χ3n) is 10.0. The van der Waals surface area contributed by atoms with Crippen LogP contribution in [0.15, 0.2) is 115 Å². The molecule has 0 spiro atoms. The zero-order chi connectivity index (χ0) is 29.7. The molecule has 6 aromatic carbocycles. The molecule has 0 fully saturated rings. The van der Waals surface area contributed by atoms with E-state index in [1.807, 2.05) is 0 Å². The topological polar surface area (TPSA) is 17.0 Å². The van der Waals surface area contributed by atoms with E-state index in [9.17, 15) is 0 Å². The minimum atomic E-state index is -0.0924. The smallest absolute Gasteiger partial charge is 0.197 e. The number of aryl methyl sites for hydroxylation is 2. The number of benzene rings is 6. The van der Waals surface area contributed by atoms with Gasteiger partial charge in [-0.2, -0.15) is 0 Å². The number of fused-ring (bicyclic) bond motifs is 8. The summed E-state index contributed by atoms with van der Waals surface area (Å²) in [6.45, 7) is 9.15. The third-order valence-corrected chi connectivity index (χ3v) is 10.0. The number of hydrogen-bond donors (Lipinski definition) is 1.